The van der Waals surface area contributed by atoms with Crippen molar-refractivity contribution < 1.29 is 35.5 Å². The maximum atomic E-state index is 12.4. The smallest absolute Gasteiger partial charge is 0.296 e. The highest BCUT2D eigenvalue weighted by atomic mass is 32.2. The second kappa shape index (κ2) is 8.08. The van der Waals surface area contributed by atoms with Gasteiger partial charge in [0.05, 0.1) is 22.8 Å². The van der Waals surface area contributed by atoms with E-state index in [2.05, 4.69) is 10.6 Å². The van der Waals surface area contributed by atoms with E-state index < -0.39 is 41.6 Å². The highest BCUT2D eigenvalue weighted by Gasteiger charge is 2.23. The zero-order chi connectivity index (χ0) is 23.8. The van der Waals surface area contributed by atoms with Gasteiger partial charge >= 0.3 is 0 Å². The van der Waals surface area contributed by atoms with Gasteiger partial charge in [0.2, 0.25) is 11.6 Å². The number of carbonyl (C=O) groups excluding carboxylic acids is 2. The average Bonchev–Trinajstić information content (AvgIpc) is 2.67. The van der Waals surface area contributed by atoms with Crippen molar-refractivity contribution in [3.8, 4) is 0 Å². The number of rotatable bonds is 6. The molecule has 0 saturated carbocycles. The van der Waals surface area contributed by atoms with Crippen LogP contribution in [0.2, 0.25) is 0 Å². The Morgan fingerprint density at radius 3 is 1.31 bits per heavy atom. The normalized spacial score (nSPS) is 14.6. The summed E-state index contributed by atoms with van der Waals surface area (Å²) in [6.45, 7) is 0. The van der Waals surface area contributed by atoms with Crippen molar-refractivity contribution in [2.24, 2.45) is 0 Å². The lowest BCUT2D eigenvalue weighted by molar-refractivity contribution is -0.115. The number of carbonyl (C=O) groups is 2. The molecule has 0 amide bonds. The molecule has 0 unspecified atom stereocenters. The number of allylic oxidation sites excluding steroid dienone is 2. The molecule has 0 atom stereocenters. The van der Waals surface area contributed by atoms with Gasteiger partial charge in [-0.2, -0.15) is 16.8 Å². The van der Waals surface area contributed by atoms with Crippen LogP contribution in [0.5, 0.6) is 0 Å². The van der Waals surface area contributed by atoms with Crippen molar-refractivity contribution in [3.05, 3.63) is 59.9 Å². The second-order valence-corrected chi connectivity index (χ2v) is 9.33. The number of nitrogen functional groups attached to an aromatic ring is 2. The molecular formula is C18H16N4O8S2. The van der Waals surface area contributed by atoms with E-state index in [-0.39, 0.29) is 34.1 Å². The summed E-state index contributed by atoms with van der Waals surface area (Å²) in [5, 5.41) is 5.16. The minimum atomic E-state index is -4.61. The van der Waals surface area contributed by atoms with Crippen LogP contribution in [0.25, 0.3) is 0 Å². The Morgan fingerprint density at radius 2 is 1.00 bits per heavy atom. The van der Waals surface area contributed by atoms with Crippen LogP contribution in [0.3, 0.4) is 0 Å². The van der Waals surface area contributed by atoms with Crippen molar-refractivity contribution in [3.63, 3.8) is 0 Å². The van der Waals surface area contributed by atoms with Crippen LogP contribution in [0.4, 0.5) is 22.7 Å². The van der Waals surface area contributed by atoms with Gasteiger partial charge in [0.25, 0.3) is 20.2 Å². The summed E-state index contributed by atoms with van der Waals surface area (Å²) in [5.41, 5.74) is 10.4. The monoisotopic (exact) mass is 480 g/mol. The number of ketones is 2. The first-order valence-electron chi connectivity index (χ1n) is 8.56. The Kier molecular flexibility index (Phi) is 5.80. The summed E-state index contributed by atoms with van der Waals surface area (Å²) in [6, 6.07) is 7.05. The molecular weight excluding hydrogens is 464 g/mol. The predicted octanol–water partition coefficient (Wildman–Crippen LogP) is 0.788. The van der Waals surface area contributed by atoms with Crippen LogP contribution >= 0.6 is 0 Å². The van der Waals surface area contributed by atoms with Crippen molar-refractivity contribution in [1.82, 2.24) is 0 Å². The van der Waals surface area contributed by atoms with Crippen LogP contribution in [0.1, 0.15) is 0 Å². The zero-order valence-corrected chi connectivity index (χ0v) is 17.6. The van der Waals surface area contributed by atoms with Crippen LogP contribution in [0.15, 0.2) is 69.7 Å². The number of nitrogens with one attached hydrogen (secondary N) is 2. The summed E-state index contributed by atoms with van der Waals surface area (Å²) in [4.78, 5) is 23.7. The molecule has 0 heterocycles. The van der Waals surface area contributed by atoms with Crippen LogP contribution in [-0.4, -0.2) is 37.5 Å². The lowest BCUT2D eigenvalue weighted by atomic mass is 10.1. The Hall–Kier alpha value is -3.72. The zero-order valence-electron chi connectivity index (χ0n) is 15.9. The molecule has 32 heavy (non-hydrogen) atoms. The molecule has 0 fully saturated rings. The van der Waals surface area contributed by atoms with Gasteiger partial charge in [0.15, 0.2) is 0 Å². The third-order valence-electron chi connectivity index (χ3n) is 4.22. The first-order valence-corrected chi connectivity index (χ1v) is 11.4. The highest BCUT2D eigenvalue weighted by Crippen LogP contribution is 2.26. The predicted molar refractivity (Wildman–Crippen MR) is 115 cm³/mol. The van der Waals surface area contributed by atoms with Crippen LogP contribution in [0, 0.1) is 0 Å². The molecule has 12 nitrogen and oxygen atoms in total. The fraction of sp³-hybridized carbons (Fsp3) is 0. The molecule has 0 spiro atoms. The molecule has 0 aromatic heterocycles. The molecule has 2 aromatic rings. The summed E-state index contributed by atoms with van der Waals surface area (Å²) >= 11 is 0. The van der Waals surface area contributed by atoms with E-state index in [1.165, 1.54) is 24.3 Å². The molecule has 0 bridgehead atoms. The molecule has 14 heteroatoms. The quantitative estimate of drug-likeness (QED) is 0.192. The lowest BCUT2D eigenvalue weighted by Crippen LogP contribution is -2.22. The van der Waals surface area contributed by atoms with Gasteiger partial charge in [0, 0.05) is 23.5 Å². The fourth-order valence-corrected chi connectivity index (χ4v) is 4.02. The Bertz CT molecular complexity index is 1320. The molecule has 1 aliphatic rings. The molecule has 0 aliphatic heterocycles. The fourth-order valence-electron chi connectivity index (χ4n) is 2.74. The van der Waals surface area contributed by atoms with Gasteiger partial charge in [-0.1, -0.05) is 0 Å². The maximum Gasteiger partial charge on any atom is 0.296 e. The number of hydrogen-bond donors (Lipinski definition) is 6. The molecule has 168 valence electrons. The minimum absolute atomic E-state index is 0.0698. The largest absolute Gasteiger partial charge is 0.398 e. The molecule has 8 N–H and O–H groups in total. The maximum absolute atomic E-state index is 12.4. The van der Waals surface area contributed by atoms with Gasteiger partial charge < -0.3 is 22.1 Å². The number of hydrogen-bond acceptors (Lipinski definition) is 10. The van der Waals surface area contributed by atoms with E-state index in [9.17, 15) is 35.5 Å². The van der Waals surface area contributed by atoms with Crippen molar-refractivity contribution in [2.45, 2.75) is 9.79 Å². The van der Waals surface area contributed by atoms with Gasteiger partial charge in [-0.05, 0) is 36.4 Å². The van der Waals surface area contributed by atoms with Gasteiger partial charge in [-0.15, -0.1) is 0 Å². The van der Waals surface area contributed by atoms with Gasteiger partial charge in [-0.25, -0.2) is 0 Å². The van der Waals surface area contributed by atoms with E-state index >= 15 is 0 Å². The van der Waals surface area contributed by atoms with Gasteiger partial charge in [-0.3, -0.25) is 18.7 Å². The van der Waals surface area contributed by atoms with Gasteiger partial charge in [0.1, 0.15) is 9.79 Å². The van der Waals surface area contributed by atoms with Crippen LogP contribution in [-0.2, 0) is 29.8 Å². The standard InChI is InChI=1S/C18H16N4O8S2/c19-11-3-1-9(5-17(11)31(25,26)27)21-13-7-16(24)14(8-15(13)23)22-10-2-4-12(20)18(6-10)32(28,29)30/h1-8,21-22H,19-20H2,(H,25,26,27)(H,28,29,30). The number of nitrogens with two attached hydrogens (primary N) is 2. The lowest BCUT2D eigenvalue weighted by Gasteiger charge is -2.16. The molecule has 2 aromatic carbocycles. The highest BCUT2D eigenvalue weighted by molar-refractivity contribution is 7.86. The molecule has 1 aliphatic carbocycles. The van der Waals surface area contributed by atoms with Crippen molar-refractivity contribution >= 4 is 54.6 Å². The van der Waals surface area contributed by atoms with E-state index in [4.69, 9.17) is 11.5 Å². The summed E-state index contributed by atoms with van der Waals surface area (Å²) in [7, 11) is -9.22. The van der Waals surface area contributed by atoms with E-state index in [1.54, 1.807) is 0 Å². The van der Waals surface area contributed by atoms with Crippen molar-refractivity contribution in [1.29, 1.82) is 0 Å². The van der Waals surface area contributed by atoms with Crippen LogP contribution < -0.4 is 22.1 Å². The molecule has 0 radical (unpaired) electrons. The Morgan fingerprint density at radius 1 is 0.656 bits per heavy atom. The first-order chi connectivity index (χ1) is 14.8. The molecule has 3 rings (SSSR count). The third kappa shape index (κ3) is 4.94. The van der Waals surface area contributed by atoms with E-state index in [0.717, 1.165) is 24.3 Å². The average molecular weight is 480 g/mol. The topological polar surface area (TPSA) is 219 Å². The number of anilines is 4. The molecule has 0 saturated heterocycles. The SMILES string of the molecule is Nc1ccc(NC2=CC(=O)C(Nc3ccc(N)c(S(=O)(=O)O)c3)=CC2=O)cc1S(=O)(=O)O. The second-order valence-electron chi connectivity index (χ2n) is 6.55. The third-order valence-corrected chi connectivity index (χ3v) is 6.04. The minimum Gasteiger partial charge on any atom is -0.398 e. The Balaban J connectivity index is 1.83. The van der Waals surface area contributed by atoms with E-state index in [1.807, 2.05) is 0 Å². The Labute approximate surface area is 182 Å². The van der Waals surface area contributed by atoms with Crippen molar-refractivity contribution in [2.75, 3.05) is 22.1 Å². The summed E-state index contributed by atoms with van der Waals surface area (Å²) < 4.78 is 63.9. The van der Waals surface area contributed by atoms with E-state index in [0.29, 0.717) is 0 Å². The summed E-state index contributed by atoms with van der Waals surface area (Å²) in [5.74, 6) is -1.33. The summed E-state index contributed by atoms with van der Waals surface area (Å²) in [6.07, 6.45) is 1.88. The number of benzene rings is 2. The first kappa shape index (κ1) is 23.0.